The molecule has 1 aliphatic carbocycles. The summed E-state index contributed by atoms with van der Waals surface area (Å²) in [4.78, 5) is 21.9. The van der Waals surface area contributed by atoms with E-state index in [9.17, 15) is 14.9 Å². The van der Waals surface area contributed by atoms with Crippen LogP contribution in [0, 0.1) is 10.1 Å². The highest BCUT2D eigenvalue weighted by Gasteiger charge is 2.34. The molecule has 4 N–H and O–H groups in total. The summed E-state index contributed by atoms with van der Waals surface area (Å²) in [6.45, 7) is 0. The second kappa shape index (κ2) is 4.61. The van der Waals surface area contributed by atoms with Crippen LogP contribution in [0.4, 0.5) is 11.4 Å². The number of nitrogens with two attached hydrogens (primary N) is 1. The largest absolute Gasteiger partial charge is 0.375 e. The zero-order chi connectivity index (χ0) is 13.3. The minimum absolute atomic E-state index is 0.0446. The number of nitrogens with one attached hydrogen (secondary N) is 2. The maximum absolute atomic E-state index is 11.4. The van der Waals surface area contributed by atoms with Crippen LogP contribution in [0.15, 0.2) is 18.2 Å². The van der Waals surface area contributed by atoms with Gasteiger partial charge in [0.15, 0.2) is 0 Å². The summed E-state index contributed by atoms with van der Waals surface area (Å²) in [6.07, 6.45) is 0.800. The molecule has 1 fully saturated rings. The van der Waals surface area contributed by atoms with Crippen molar-refractivity contribution in [3.63, 3.8) is 0 Å². The molecule has 2 unspecified atom stereocenters. The minimum Gasteiger partial charge on any atom is -0.375 e. The molecule has 0 saturated heterocycles. The Hall–Kier alpha value is -2.15. The Kier molecular flexibility index (Phi) is 3.15. The van der Waals surface area contributed by atoms with Crippen molar-refractivity contribution in [1.29, 1.82) is 0 Å². The zero-order valence-electron chi connectivity index (χ0n) is 9.84. The third-order valence-electron chi connectivity index (χ3n) is 2.86. The van der Waals surface area contributed by atoms with E-state index in [-0.39, 0.29) is 29.2 Å². The Morgan fingerprint density at radius 1 is 1.56 bits per heavy atom. The van der Waals surface area contributed by atoms with E-state index in [1.54, 1.807) is 6.07 Å². The summed E-state index contributed by atoms with van der Waals surface area (Å²) < 4.78 is 0. The molecule has 7 nitrogen and oxygen atoms in total. The molecule has 18 heavy (non-hydrogen) atoms. The number of anilines is 1. The number of benzene rings is 1. The molecule has 7 heteroatoms. The number of amides is 1. The van der Waals surface area contributed by atoms with Crippen LogP contribution in [-0.2, 0) is 0 Å². The molecular formula is C11H14N4O3. The van der Waals surface area contributed by atoms with Gasteiger partial charge in [-0.15, -0.1) is 0 Å². The van der Waals surface area contributed by atoms with Crippen LogP contribution in [0.25, 0.3) is 0 Å². The smallest absolute Gasteiger partial charge is 0.293 e. The van der Waals surface area contributed by atoms with Crippen LogP contribution in [-0.4, -0.2) is 30.0 Å². The van der Waals surface area contributed by atoms with Crippen molar-refractivity contribution in [2.24, 2.45) is 5.73 Å². The Labute approximate surface area is 104 Å². The van der Waals surface area contributed by atoms with E-state index in [1.807, 2.05) is 0 Å². The number of carbonyl (C=O) groups is 1. The first-order valence-corrected chi connectivity index (χ1v) is 5.55. The van der Waals surface area contributed by atoms with Crippen molar-refractivity contribution < 1.29 is 9.72 Å². The molecule has 0 radical (unpaired) electrons. The van der Waals surface area contributed by atoms with Gasteiger partial charge in [-0.3, -0.25) is 14.9 Å². The van der Waals surface area contributed by atoms with Gasteiger partial charge >= 0.3 is 0 Å². The summed E-state index contributed by atoms with van der Waals surface area (Å²) in [5.41, 5.74) is 6.18. The van der Waals surface area contributed by atoms with Crippen molar-refractivity contribution in [2.45, 2.75) is 18.5 Å². The number of carbonyl (C=O) groups excluding carboxylic acids is 1. The average molecular weight is 250 g/mol. The van der Waals surface area contributed by atoms with Gasteiger partial charge in [0.1, 0.15) is 5.69 Å². The number of nitrogens with zero attached hydrogens (tertiary/aromatic N) is 1. The standard InChI is InChI=1S/C11H14N4O3/c1-13-11(16)6-2-3-8(10(4-6)15(17)18)14-9-5-7(9)12/h2-4,7,9,14H,5,12H2,1H3,(H,13,16). The number of rotatable bonds is 4. The molecule has 1 aromatic carbocycles. The number of hydrogen-bond donors (Lipinski definition) is 3. The predicted octanol–water partition coefficient (Wildman–Crippen LogP) is 0.466. The number of nitro benzene ring substituents is 1. The number of hydrogen-bond acceptors (Lipinski definition) is 5. The first-order valence-electron chi connectivity index (χ1n) is 5.55. The fraction of sp³-hybridized carbons (Fsp3) is 0.364. The molecular weight excluding hydrogens is 236 g/mol. The molecule has 1 saturated carbocycles. The van der Waals surface area contributed by atoms with Gasteiger partial charge in [-0.05, 0) is 18.6 Å². The SMILES string of the molecule is CNC(=O)c1ccc(NC2CC2N)c([N+](=O)[O-])c1. The summed E-state index contributed by atoms with van der Waals surface area (Å²) in [6, 6.07) is 4.46. The molecule has 0 spiro atoms. The van der Waals surface area contributed by atoms with Crippen LogP contribution < -0.4 is 16.4 Å². The summed E-state index contributed by atoms with van der Waals surface area (Å²) in [7, 11) is 1.48. The van der Waals surface area contributed by atoms with Crippen molar-refractivity contribution >= 4 is 17.3 Å². The van der Waals surface area contributed by atoms with Gasteiger partial charge in [-0.1, -0.05) is 0 Å². The fourth-order valence-corrected chi connectivity index (χ4v) is 1.67. The van der Waals surface area contributed by atoms with Crippen LogP contribution in [0.1, 0.15) is 16.8 Å². The molecule has 0 heterocycles. The van der Waals surface area contributed by atoms with Gasteiger partial charge < -0.3 is 16.4 Å². The summed E-state index contributed by atoms with van der Waals surface area (Å²) in [5, 5.41) is 16.4. The van der Waals surface area contributed by atoms with Crippen LogP contribution >= 0.6 is 0 Å². The van der Waals surface area contributed by atoms with Gasteiger partial charge in [-0.2, -0.15) is 0 Å². The highest BCUT2D eigenvalue weighted by atomic mass is 16.6. The third kappa shape index (κ3) is 2.40. The second-order valence-corrected chi connectivity index (χ2v) is 4.22. The molecule has 1 aliphatic rings. The Balaban J connectivity index is 2.29. The fourth-order valence-electron chi connectivity index (χ4n) is 1.67. The van der Waals surface area contributed by atoms with E-state index < -0.39 is 4.92 Å². The predicted molar refractivity (Wildman–Crippen MR) is 66.5 cm³/mol. The van der Waals surface area contributed by atoms with Crippen molar-refractivity contribution in [1.82, 2.24) is 5.32 Å². The normalized spacial score (nSPS) is 21.2. The van der Waals surface area contributed by atoms with Crippen molar-refractivity contribution in [2.75, 3.05) is 12.4 Å². The van der Waals surface area contributed by atoms with E-state index in [1.165, 1.54) is 19.2 Å². The average Bonchev–Trinajstić information content (AvgIpc) is 3.04. The highest BCUT2D eigenvalue weighted by molar-refractivity contribution is 5.95. The first kappa shape index (κ1) is 12.3. The lowest BCUT2D eigenvalue weighted by atomic mass is 10.1. The maximum atomic E-state index is 11.4. The Morgan fingerprint density at radius 3 is 2.72 bits per heavy atom. The van der Waals surface area contributed by atoms with Crippen LogP contribution in [0.5, 0.6) is 0 Å². The molecule has 1 amide bonds. The lowest BCUT2D eigenvalue weighted by Crippen LogP contribution is -2.18. The summed E-state index contributed by atoms with van der Waals surface area (Å²) >= 11 is 0. The lowest BCUT2D eigenvalue weighted by Gasteiger charge is -2.07. The van der Waals surface area contributed by atoms with E-state index in [2.05, 4.69) is 10.6 Å². The maximum Gasteiger partial charge on any atom is 0.293 e. The molecule has 0 bridgehead atoms. The topological polar surface area (TPSA) is 110 Å². The van der Waals surface area contributed by atoms with Gasteiger partial charge in [0.05, 0.1) is 4.92 Å². The first-order chi connectivity index (χ1) is 8.52. The van der Waals surface area contributed by atoms with Crippen LogP contribution in [0.3, 0.4) is 0 Å². The van der Waals surface area contributed by atoms with Gasteiger partial charge in [-0.25, -0.2) is 0 Å². The van der Waals surface area contributed by atoms with E-state index in [0.29, 0.717) is 5.69 Å². The molecule has 2 atom stereocenters. The van der Waals surface area contributed by atoms with E-state index in [0.717, 1.165) is 6.42 Å². The highest BCUT2D eigenvalue weighted by Crippen LogP contribution is 2.31. The molecule has 0 aromatic heterocycles. The zero-order valence-corrected chi connectivity index (χ0v) is 9.84. The Morgan fingerprint density at radius 2 is 2.22 bits per heavy atom. The lowest BCUT2D eigenvalue weighted by molar-refractivity contribution is -0.384. The summed E-state index contributed by atoms with van der Waals surface area (Å²) in [5.74, 6) is -0.354. The number of nitro groups is 1. The van der Waals surface area contributed by atoms with Gasteiger partial charge in [0.2, 0.25) is 0 Å². The van der Waals surface area contributed by atoms with E-state index >= 15 is 0 Å². The molecule has 2 rings (SSSR count). The van der Waals surface area contributed by atoms with Gasteiger partial charge in [0.25, 0.3) is 11.6 Å². The third-order valence-corrected chi connectivity index (χ3v) is 2.86. The molecule has 96 valence electrons. The van der Waals surface area contributed by atoms with Crippen LogP contribution in [0.2, 0.25) is 0 Å². The van der Waals surface area contributed by atoms with Crippen molar-refractivity contribution in [3.05, 3.63) is 33.9 Å². The van der Waals surface area contributed by atoms with Gasteiger partial charge in [0, 0.05) is 30.8 Å². The Bertz CT molecular complexity index is 503. The molecule has 1 aromatic rings. The molecule has 0 aliphatic heterocycles. The minimum atomic E-state index is -0.511. The quantitative estimate of drug-likeness (QED) is 0.531. The van der Waals surface area contributed by atoms with E-state index in [4.69, 9.17) is 5.73 Å². The monoisotopic (exact) mass is 250 g/mol. The second-order valence-electron chi connectivity index (χ2n) is 4.22. The van der Waals surface area contributed by atoms with Crippen molar-refractivity contribution in [3.8, 4) is 0 Å².